The van der Waals surface area contributed by atoms with E-state index in [-0.39, 0.29) is 16.7 Å². The van der Waals surface area contributed by atoms with E-state index in [0.717, 1.165) is 11.1 Å². The van der Waals surface area contributed by atoms with Crippen LogP contribution in [0.1, 0.15) is 5.56 Å². The van der Waals surface area contributed by atoms with Gasteiger partial charge in [-0.05, 0) is 23.8 Å². The van der Waals surface area contributed by atoms with Gasteiger partial charge in [-0.1, -0.05) is 36.4 Å². The number of nitrogens with two attached hydrogens (primary N) is 2. The maximum Gasteiger partial charge on any atom is 0.238 e. The maximum atomic E-state index is 11.6. The van der Waals surface area contributed by atoms with E-state index in [2.05, 4.69) is 20.4 Å². The van der Waals surface area contributed by atoms with Crippen molar-refractivity contribution in [3.63, 3.8) is 0 Å². The molecule has 10 heteroatoms. The fourth-order valence-electron chi connectivity index (χ4n) is 2.90. The second-order valence-electron chi connectivity index (χ2n) is 6.61. The van der Waals surface area contributed by atoms with Gasteiger partial charge in [0, 0.05) is 23.5 Å². The summed E-state index contributed by atoms with van der Waals surface area (Å²) >= 11 is 0. The highest BCUT2D eigenvalue weighted by molar-refractivity contribution is 7.89. The van der Waals surface area contributed by atoms with Crippen molar-refractivity contribution >= 4 is 27.5 Å². The van der Waals surface area contributed by atoms with Crippen LogP contribution in [0.2, 0.25) is 0 Å². The zero-order chi connectivity index (χ0) is 21.1. The molecule has 4 aromatic rings. The Morgan fingerprint density at radius 1 is 1.00 bits per heavy atom. The van der Waals surface area contributed by atoms with E-state index in [1.807, 2.05) is 41.2 Å². The summed E-state index contributed by atoms with van der Waals surface area (Å²) in [5, 5.41) is 12.5. The number of hydrogen-bond acceptors (Lipinski definition) is 7. The summed E-state index contributed by atoms with van der Waals surface area (Å²) in [5.74, 6) is 0.494. The van der Waals surface area contributed by atoms with Crippen LogP contribution in [0.4, 0.5) is 17.5 Å². The molecule has 2 heterocycles. The van der Waals surface area contributed by atoms with Gasteiger partial charge in [0.25, 0.3) is 0 Å². The number of anilines is 3. The Kier molecular flexibility index (Phi) is 5.17. The zero-order valence-electron chi connectivity index (χ0n) is 15.8. The number of hydrogen-bond donors (Lipinski definition) is 3. The van der Waals surface area contributed by atoms with E-state index in [0.29, 0.717) is 17.9 Å². The monoisotopic (exact) mass is 421 g/mol. The Hall–Kier alpha value is -3.76. The fourth-order valence-corrected chi connectivity index (χ4v) is 3.46. The van der Waals surface area contributed by atoms with E-state index in [4.69, 9.17) is 10.9 Å². The number of nitrogen functional groups attached to an aromatic ring is 1. The summed E-state index contributed by atoms with van der Waals surface area (Å²) in [7, 11) is -3.82. The van der Waals surface area contributed by atoms with Crippen molar-refractivity contribution in [3.8, 4) is 11.3 Å². The minimum atomic E-state index is -3.82. The first kappa shape index (κ1) is 19.6. The molecule has 0 amide bonds. The summed E-state index contributed by atoms with van der Waals surface area (Å²) in [6.07, 6.45) is 3.58. The molecule has 0 radical (unpaired) electrons. The SMILES string of the molecule is Nc1cc(-c2cnn(Cc3ccccc3)c2)nc(Nc2cccc(S(N)(=O)=O)c2)n1. The van der Waals surface area contributed by atoms with Crippen LogP contribution in [0.3, 0.4) is 0 Å². The van der Waals surface area contributed by atoms with E-state index >= 15 is 0 Å². The predicted octanol–water partition coefficient (Wildman–Crippen LogP) is 2.36. The Bertz CT molecular complexity index is 1290. The Balaban J connectivity index is 1.58. The molecule has 0 spiro atoms. The van der Waals surface area contributed by atoms with Crippen molar-refractivity contribution in [3.05, 3.63) is 78.6 Å². The summed E-state index contributed by atoms with van der Waals surface area (Å²) in [4.78, 5) is 8.63. The minimum absolute atomic E-state index is 0.0150. The normalized spacial score (nSPS) is 11.4. The third-order valence-electron chi connectivity index (χ3n) is 4.28. The van der Waals surface area contributed by atoms with Crippen molar-refractivity contribution in [2.24, 2.45) is 5.14 Å². The third kappa shape index (κ3) is 4.62. The molecule has 0 saturated carbocycles. The first-order valence-corrected chi connectivity index (χ1v) is 10.5. The average Bonchev–Trinajstić information content (AvgIpc) is 3.16. The van der Waals surface area contributed by atoms with Crippen LogP contribution in [0.5, 0.6) is 0 Å². The largest absolute Gasteiger partial charge is 0.384 e. The van der Waals surface area contributed by atoms with Crippen LogP contribution in [0.15, 0.2) is 78.0 Å². The Morgan fingerprint density at radius 2 is 1.80 bits per heavy atom. The molecule has 30 heavy (non-hydrogen) atoms. The van der Waals surface area contributed by atoms with Crippen LogP contribution >= 0.6 is 0 Å². The van der Waals surface area contributed by atoms with Gasteiger partial charge in [0.15, 0.2) is 0 Å². The van der Waals surface area contributed by atoms with Crippen LogP contribution in [-0.4, -0.2) is 28.2 Å². The average molecular weight is 421 g/mol. The van der Waals surface area contributed by atoms with Crippen molar-refractivity contribution in [2.75, 3.05) is 11.1 Å². The summed E-state index contributed by atoms with van der Waals surface area (Å²) < 4.78 is 24.9. The summed E-state index contributed by atoms with van der Waals surface area (Å²) in [6, 6.07) is 17.7. The standard InChI is InChI=1S/C20H19N7O2S/c21-19-10-18(15-11-23-27(13-15)12-14-5-2-1-3-6-14)25-20(26-19)24-16-7-4-8-17(9-16)30(22,28)29/h1-11,13H,12H2,(H2,22,28,29)(H3,21,24,25,26). The molecule has 5 N–H and O–H groups in total. The van der Waals surface area contributed by atoms with Crippen LogP contribution < -0.4 is 16.2 Å². The van der Waals surface area contributed by atoms with Gasteiger partial charge in [0.2, 0.25) is 16.0 Å². The lowest BCUT2D eigenvalue weighted by atomic mass is 10.2. The predicted molar refractivity (Wildman–Crippen MR) is 114 cm³/mol. The molecule has 2 aromatic heterocycles. The Morgan fingerprint density at radius 3 is 2.57 bits per heavy atom. The second kappa shape index (κ2) is 7.93. The highest BCUT2D eigenvalue weighted by Crippen LogP contribution is 2.23. The van der Waals surface area contributed by atoms with Gasteiger partial charge in [0.05, 0.1) is 23.3 Å². The van der Waals surface area contributed by atoms with E-state index in [1.54, 1.807) is 24.4 Å². The topological polar surface area (TPSA) is 142 Å². The molecular formula is C20H19N7O2S. The molecule has 0 saturated heterocycles. The molecule has 2 aromatic carbocycles. The van der Waals surface area contributed by atoms with Crippen LogP contribution in [0.25, 0.3) is 11.3 Å². The molecule has 0 atom stereocenters. The molecular weight excluding hydrogens is 402 g/mol. The lowest BCUT2D eigenvalue weighted by Gasteiger charge is -2.08. The maximum absolute atomic E-state index is 11.6. The minimum Gasteiger partial charge on any atom is -0.384 e. The first-order valence-electron chi connectivity index (χ1n) is 8.98. The summed E-state index contributed by atoms with van der Waals surface area (Å²) in [6.45, 7) is 0.632. The van der Waals surface area contributed by atoms with Crippen molar-refractivity contribution in [1.82, 2.24) is 19.7 Å². The number of primary sulfonamides is 1. The molecule has 9 nitrogen and oxygen atoms in total. The zero-order valence-corrected chi connectivity index (χ0v) is 16.6. The number of benzene rings is 2. The van der Waals surface area contributed by atoms with E-state index < -0.39 is 10.0 Å². The molecule has 0 bridgehead atoms. The number of sulfonamides is 1. The van der Waals surface area contributed by atoms with Gasteiger partial charge in [-0.2, -0.15) is 10.1 Å². The van der Waals surface area contributed by atoms with Crippen molar-refractivity contribution in [2.45, 2.75) is 11.4 Å². The molecule has 0 aliphatic heterocycles. The molecule has 0 unspecified atom stereocenters. The van der Waals surface area contributed by atoms with Crippen LogP contribution in [0, 0.1) is 0 Å². The molecule has 4 rings (SSSR count). The van der Waals surface area contributed by atoms with Gasteiger partial charge in [0.1, 0.15) is 5.82 Å². The van der Waals surface area contributed by atoms with Crippen molar-refractivity contribution in [1.29, 1.82) is 0 Å². The van der Waals surface area contributed by atoms with Gasteiger partial charge in [-0.15, -0.1) is 0 Å². The first-order chi connectivity index (χ1) is 14.4. The smallest absolute Gasteiger partial charge is 0.238 e. The Labute approximate surface area is 173 Å². The lowest BCUT2D eigenvalue weighted by molar-refractivity contribution is 0.598. The molecule has 0 fully saturated rings. The second-order valence-corrected chi connectivity index (χ2v) is 8.17. The molecule has 0 aliphatic rings. The van der Waals surface area contributed by atoms with Crippen molar-refractivity contribution < 1.29 is 8.42 Å². The number of rotatable bonds is 6. The third-order valence-corrected chi connectivity index (χ3v) is 5.19. The van der Waals surface area contributed by atoms with Gasteiger partial charge >= 0.3 is 0 Å². The number of aromatic nitrogens is 4. The number of nitrogens with zero attached hydrogens (tertiary/aromatic N) is 4. The molecule has 0 aliphatic carbocycles. The van der Waals surface area contributed by atoms with Gasteiger partial charge in [-0.3, -0.25) is 4.68 Å². The highest BCUT2D eigenvalue weighted by atomic mass is 32.2. The summed E-state index contributed by atoms with van der Waals surface area (Å²) in [5.41, 5.74) is 8.92. The fraction of sp³-hybridized carbons (Fsp3) is 0.0500. The van der Waals surface area contributed by atoms with Gasteiger partial charge < -0.3 is 11.1 Å². The van der Waals surface area contributed by atoms with Gasteiger partial charge in [-0.25, -0.2) is 18.5 Å². The highest BCUT2D eigenvalue weighted by Gasteiger charge is 2.11. The lowest BCUT2D eigenvalue weighted by Crippen LogP contribution is -2.12. The van der Waals surface area contributed by atoms with E-state index in [1.165, 1.54) is 12.1 Å². The quantitative estimate of drug-likeness (QED) is 0.434. The molecule has 152 valence electrons. The number of nitrogens with one attached hydrogen (secondary N) is 1. The van der Waals surface area contributed by atoms with E-state index in [9.17, 15) is 8.42 Å². The van der Waals surface area contributed by atoms with Crippen LogP contribution in [-0.2, 0) is 16.6 Å².